The van der Waals surface area contributed by atoms with Crippen LogP contribution in [0.5, 0.6) is 0 Å². The van der Waals surface area contributed by atoms with E-state index in [1.54, 1.807) is 31.2 Å². The fraction of sp³-hybridized carbons (Fsp3) is 0.200. The number of halogens is 2. The molecule has 0 radical (unpaired) electrons. The predicted octanol–water partition coefficient (Wildman–Crippen LogP) is 5.69. The second-order valence-corrected chi connectivity index (χ2v) is 11.0. The van der Waals surface area contributed by atoms with Crippen LogP contribution in [0.25, 0.3) is 16.6 Å². The number of aromatic nitrogens is 2. The first-order valence-corrected chi connectivity index (χ1v) is 12.7. The summed E-state index contributed by atoms with van der Waals surface area (Å²) in [6.07, 6.45) is 0. The number of para-hydroxylation sites is 1. The van der Waals surface area contributed by atoms with Crippen molar-refractivity contribution in [3.8, 4) is 5.69 Å². The van der Waals surface area contributed by atoms with Gasteiger partial charge in [-0.05, 0) is 62.7 Å². The van der Waals surface area contributed by atoms with Crippen molar-refractivity contribution in [1.82, 2.24) is 13.9 Å². The van der Waals surface area contributed by atoms with Gasteiger partial charge in [0.1, 0.15) is 10.7 Å². The van der Waals surface area contributed by atoms with E-state index in [2.05, 4.69) is 0 Å². The van der Waals surface area contributed by atoms with E-state index >= 15 is 0 Å². The Labute approximate surface area is 208 Å². The monoisotopic (exact) mass is 515 g/mol. The van der Waals surface area contributed by atoms with Crippen molar-refractivity contribution in [3.63, 3.8) is 0 Å². The molecule has 0 bridgehead atoms. The van der Waals surface area contributed by atoms with Gasteiger partial charge >= 0.3 is 0 Å². The molecule has 0 saturated heterocycles. The number of hydrogen-bond donors (Lipinski definition) is 0. The molecule has 1 aromatic heterocycles. The molecule has 9 heteroatoms. The maximum atomic E-state index is 13.6. The molecule has 1 atom stereocenters. The first-order chi connectivity index (χ1) is 16.0. The first kappa shape index (κ1) is 24.4. The summed E-state index contributed by atoms with van der Waals surface area (Å²) in [4.78, 5) is 18.3. The molecular weight excluding hydrogens is 493 g/mol. The van der Waals surface area contributed by atoms with Crippen LogP contribution in [-0.4, -0.2) is 29.3 Å². The lowest BCUT2D eigenvalue weighted by atomic mass is 10.1. The molecule has 1 unspecified atom stereocenters. The highest BCUT2D eigenvalue weighted by Crippen LogP contribution is 2.32. The zero-order valence-corrected chi connectivity index (χ0v) is 21.4. The number of sulfonamides is 1. The number of hydrogen-bond acceptors (Lipinski definition) is 4. The second-order valence-electron chi connectivity index (χ2n) is 8.19. The van der Waals surface area contributed by atoms with Gasteiger partial charge in [0.2, 0.25) is 10.0 Å². The van der Waals surface area contributed by atoms with Crippen molar-refractivity contribution >= 4 is 44.1 Å². The number of benzene rings is 3. The Morgan fingerprint density at radius 3 is 2.41 bits per heavy atom. The van der Waals surface area contributed by atoms with E-state index in [0.717, 1.165) is 15.4 Å². The van der Waals surface area contributed by atoms with Crippen LogP contribution in [0, 0.1) is 13.8 Å². The average Bonchev–Trinajstić information content (AvgIpc) is 2.80. The summed E-state index contributed by atoms with van der Waals surface area (Å²) in [5.74, 6) is 0.292. The number of aryl methyl sites for hydroxylation is 2. The first-order valence-electron chi connectivity index (χ1n) is 10.5. The molecule has 176 valence electrons. The third-order valence-electron chi connectivity index (χ3n) is 5.86. The largest absolute Gasteiger partial charge is 0.268 e. The fourth-order valence-electron chi connectivity index (χ4n) is 3.92. The van der Waals surface area contributed by atoms with E-state index in [1.165, 1.54) is 29.8 Å². The SMILES string of the molecule is Cc1ccc(-n2c(C(C)N(C)S(=O)(=O)c3cc(Cl)ccc3Cl)nc3ccccc3c2=O)c(C)c1. The zero-order valence-electron chi connectivity index (χ0n) is 19.1. The standard InChI is InChI=1S/C25H23Cl2N3O3S/c1-15-9-12-22(16(2)13-15)30-24(28-21-8-6-5-7-19(21)25(30)31)17(3)29(4)34(32,33)23-14-18(26)10-11-20(23)27/h5-14,17H,1-4H3. The molecule has 34 heavy (non-hydrogen) atoms. The van der Waals surface area contributed by atoms with Crippen molar-refractivity contribution in [2.75, 3.05) is 7.05 Å². The lowest BCUT2D eigenvalue weighted by Crippen LogP contribution is -2.35. The third-order valence-corrected chi connectivity index (χ3v) is 8.51. The molecule has 1 heterocycles. The number of fused-ring (bicyclic) bond motifs is 1. The van der Waals surface area contributed by atoms with Crippen LogP contribution in [0.4, 0.5) is 0 Å². The molecule has 0 aliphatic carbocycles. The normalized spacial score (nSPS) is 12.9. The van der Waals surface area contributed by atoms with Gasteiger partial charge in [0.05, 0.1) is 27.7 Å². The highest BCUT2D eigenvalue weighted by molar-refractivity contribution is 7.89. The molecule has 0 fully saturated rings. The summed E-state index contributed by atoms with van der Waals surface area (Å²) in [6.45, 7) is 5.56. The maximum absolute atomic E-state index is 13.6. The molecule has 0 N–H and O–H groups in total. The minimum atomic E-state index is -4.06. The van der Waals surface area contributed by atoms with Crippen molar-refractivity contribution in [2.24, 2.45) is 0 Å². The summed E-state index contributed by atoms with van der Waals surface area (Å²) < 4.78 is 29.6. The quantitative estimate of drug-likeness (QED) is 0.342. The van der Waals surface area contributed by atoms with Gasteiger partial charge in [-0.1, -0.05) is 53.0 Å². The van der Waals surface area contributed by atoms with E-state index in [9.17, 15) is 13.2 Å². The molecule has 0 aliphatic heterocycles. The third kappa shape index (κ3) is 4.25. The summed E-state index contributed by atoms with van der Waals surface area (Å²) >= 11 is 12.3. The topological polar surface area (TPSA) is 72.3 Å². The zero-order chi connectivity index (χ0) is 24.8. The highest BCUT2D eigenvalue weighted by Gasteiger charge is 2.32. The Hall–Kier alpha value is -2.71. The lowest BCUT2D eigenvalue weighted by molar-refractivity contribution is 0.379. The average molecular weight is 516 g/mol. The van der Waals surface area contributed by atoms with Crippen LogP contribution >= 0.6 is 23.2 Å². The minimum absolute atomic E-state index is 0.0571. The van der Waals surface area contributed by atoms with Gasteiger partial charge in [-0.25, -0.2) is 13.4 Å². The summed E-state index contributed by atoms with van der Waals surface area (Å²) in [5, 5.41) is 0.753. The lowest BCUT2D eigenvalue weighted by Gasteiger charge is -2.27. The second kappa shape index (κ2) is 9.15. The maximum Gasteiger partial charge on any atom is 0.266 e. The number of nitrogens with zero attached hydrogens (tertiary/aromatic N) is 3. The van der Waals surface area contributed by atoms with Crippen LogP contribution < -0.4 is 5.56 Å². The van der Waals surface area contributed by atoms with Crippen LogP contribution in [0.3, 0.4) is 0 Å². The van der Waals surface area contributed by atoms with Gasteiger partial charge in [-0.2, -0.15) is 4.31 Å². The fourth-order valence-corrected chi connectivity index (χ4v) is 5.98. The van der Waals surface area contributed by atoms with Crippen molar-refractivity contribution < 1.29 is 8.42 Å². The number of rotatable bonds is 5. The highest BCUT2D eigenvalue weighted by atomic mass is 35.5. The van der Waals surface area contributed by atoms with E-state index < -0.39 is 16.1 Å². The van der Waals surface area contributed by atoms with Crippen LogP contribution in [0.1, 0.15) is 29.9 Å². The molecule has 3 aromatic carbocycles. The molecule has 0 saturated carbocycles. The molecule has 0 spiro atoms. The van der Waals surface area contributed by atoms with Crippen molar-refractivity contribution in [2.45, 2.75) is 31.7 Å². The molecular formula is C25H23Cl2N3O3S. The molecule has 6 nitrogen and oxygen atoms in total. The molecule has 4 rings (SSSR count). The van der Waals surface area contributed by atoms with Crippen LogP contribution in [-0.2, 0) is 10.0 Å². The Morgan fingerprint density at radius 2 is 1.71 bits per heavy atom. The van der Waals surface area contributed by atoms with Crippen LogP contribution in [0.15, 0.2) is 70.4 Å². The predicted molar refractivity (Wildman–Crippen MR) is 137 cm³/mol. The summed E-state index contributed by atoms with van der Waals surface area (Å²) in [7, 11) is -2.62. The van der Waals surface area contributed by atoms with Gasteiger partial charge in [0.15, 0.2) is 0 Å². The van der Waals surface area contributed by atoms with Gasteiger partial charge in [-0.15, -0.1) is 0 Å². The Bertz CT molecular complexity index is 1580. The van der Waals surface area contributed by atoms with E-state index in [0.29, 0.717) is 22.4 Å². The summed E-state index contributed by atoms with van der Waals surface area (Å²) in [5.41, 5.74) is 2.78. The van der Waals surface area contributed by atoms with Gasteiger partial charge in [0.25, 0.3) is 5.56 Å². The Morgan fingerprint density at radius 1 is 1.00 bits per heavy atom. The van der Waals surface area contributed by atoms with E-state index in [-0.39, 0.29) is 20.5 Å². The van der Waals surface area contributed by atoms with E-state index in [1.807, 2.05) is 32.0 Å². The molecule has 0 aliphatic rings. The molecule has 4 aromatic rings. The van der Waals surface area contributed by atoms with Crippen molar-refractivity contribution in [3.05, 3.63) is 98.0 Å². The van der Waals surface area contributed by atoms with Gasteiger partial charge in [0, 0.05) is 12.1 Å². The summed E-state index contributed by atoms with van der Waals surface area (Å²) in [6, 6.07) is 16.2. The minimum Gasteiger partial charge on any atom is -0.268 e. The smallest absolute Gasteiger partial charge is 0.266 e. The Balaban J connectivity index is 1.96. The molecule has 0 amide bonds. The van der Waals surface area contributed by atoms with Crippen LogP contribution in [0.2, 0.25) is 10.0 Å². The van der Waals surface area contributed by atoms with Gasteiger partial charge < -0.3 is 0 Å². The van der Waals surface area contributed by atoms with Gasteiger partial charge in [-0.3, -0.25) is 9.36 Å². The van der Waals surface area contributed by atoms with E-state index in [4.69, 9.17) is 28.2 Å². The Kier molecular flexibility index (Phi) is 6.57. The van der Waals surface area contributed by atoms with Crippen molar-refractivity contribution in [1.29, 1.82) is 0 Å².